The second-order valence-electron chi connectivity index (χ2n) is 5.00. The van der Waals surface area contributed by atoms with E-state index < -0.39 is 0 Å². The first kappa shape index (κ1) is 14.0. The molecular weight excluding hydrogens is 272 g/mol. The van der Waals surface area contributed by atoms with E-state index in [1.54, 1.807) is 6.07 Å². The van der Waals surface area contributed by atoms with Crippen molar-refractivity contribution in [2.24, 2.45) is 0 Å². The Bertz CT molecular complexity index is 854. The molecule has 2 aromatic carbocycles. The number of phenolic OH excluding ortho intramolecular Hbond substituents is 1. The average molecular weight is 288 g/mol. The number of hydrogen-bond donors (Lipinski definition) is 1. The Morgan fingerprint density at radius 1 is 0.773 bits per heavy atom. The molecule has 0 fully saturated rings. The lowest BCUT2D eigenvalue weighted by Gasteiger charge is -1.99. The van der Waals surface area contributed by atoms with Crippen molar-refractivity contribution in [3.63, 3.8) is 0 Å². The van der Waals surface area contributed by atoms with Gasteiger partial charge in [-0.05, 0) is 31.2 Å². The number of phenols is 1. The molecule has 0 bridgehead atoms. The van der Waals surface area contributed by atoms with Crippen LogP contribution >= 0.6 is 0 Å². The number of aryl methyl sites for hydroxylation is 1. The molecule has 0 saturated carbocycles. The van der Waals surface area contributed by atoms with Gasteiger partial charge in [0.05, 0.1) is 5.52 Å². The van der Waals surface area contributed by atoms with Gasteiger partial charge in [-0.3, -0.25) is 4.98 Å². The second kappa shape index (κ2) is 6.22. The molecule has 0 aliphatic heterocycles. The zero-order valence-electron chi connectivity index (χ0n) is 12.3. The molecule has 2 aromatic heterocycles. The maximum absolute atomic E-state index is 9.43. The molecule has 2 heterocycles. The van der Waals surface area contributed by atoms with Crippen LogP contribution in [0, 0.1) is 6.92 Å². The van der Waals surface area contributed by atoms with Crippen LogP contribution in [0.5, 0.6) is 5.75 Å². The van der Waals surface area contributed by atoms with Gasteiger partial charge in [0.25, 0.3) is 0 Å². The van der Waals surface area contributed by atoms with Crippen LogP contribution in [0.4, 0.5) is 0 Å². The largest absolute Gasteiger partial charge is 0.506 e. The summed E-state index contributed by atoms with van der Waals surface area (Å²) in [7, 11) is 0. The summed E-state index contributed by atoms with van der Waals surface area (Å²) < 4.78 is 0. The zero-order chi connectivity index (χ0) is 15.4. The van der Waals surface area contributed by atoms with Gasteiger partial charge in [0.1, 0.15) is 11.3 Å². The summed E-state index contributed by atoms with van der Waals surface area (Å²) in [6.07, 6.45) is 1.81. The molecule has 0 aliphatic rings. The van der Waals surface area contributed by atoms with E-state index in [9.17, 15) is 5.11 Å². The van der Waals surface area contributed by atoms with Crippen LogP contribution < -0.4 is 0 Å². The molecule has 0 saturated heterocycles. The van der Waals surface area contributed by atoms with Crippen LogP contribution in [0.3, 0.4) is 0 Å². The monoisotopic (exact) mass is 288 g/mol. The molecule has 22 heavy (non-hydrogen) atoms. The molecule has 1 N–H and O–H groups in total. The number of benzene rings is 2. The Balaban J connectivity index is 0.000000133. The number of hydrogen-bond acceptors (Lipinski definition) is 3. The van der Waals surface area contributed by atoms with Gasteiger partial charge in [-0.1, -0.05) is 42.5 Å². The fraction of sp³-hybridized carbons (Fsp3) is 0.0526. The summed E-state index contributed by atoms with van der Waals surface area (Å²) in [6.45, 7) is 1.91. The SMILES string of the molecule is Cc1ccc2cccc(O)c2n1.c1ccc2ncccc2c1. The Kier molecular flexibility index (Phi) is 3.97. The minimum Gasteiger partial charge on any atom is -0.506 e. The second-order valence-corrected chi connectivity index (χ2v) is 5.00. The van der Waals surface area contributed by atoms with E-state index in [1.807, 2.05) is 61.7 Å². The summed E-state index contributed by atoms with van der Waals surface area (Å²) >= 11 is 0. The Hall–Kier alpha value is -2.94. The molecule has 0 radical (unpaired) electrons. The lowest BCUT2D eigenvalue weighted by molar-refractivity contribution is 0.480. The van der Waals surface area contributed by atoms with Crippen molar-refractivity contribution >= 4 is 21.8 Å². The maximum atomic E-state index is 9.43. The molecule has 0 spiro atoms. The quantitative estimate of drug-likeness (QED) is 0.519. The molecule has 0 aliphatic carbocycles. The number of fused-ring (bicyclic) bond motifs is 2. The van der Waals surface area contributed by atoms with Crippen LogP contribution in [0.15, 0.2) is 72.9 Å². The topological polar surface area (TPSA) is 46.0 Å². The first-order valence-electron chi connectivity index (χ1n) is 7.09. The predicted octanol–water partition coefficient (Wildman–Crippen LogP) is 4.48. The van der Waals surface area contributed by atoms with Crippen molar-refractivity contribution in [1.29, 1.82) is 0 Å². The van der Waals surface area contributed by atoms with E-state index in [-0.39, 0.29) is 5.75 Å². The number of para-hydroxylation sites is 2. The van der Waals surface area contributed by atoms with Crippen molar-refractivity contribution in [2.45, 2.75) is 6.92 Å². The highest BCUT2D eigenvalue weighted by atomic mass is 16.3. The van der Waals surface area contributed by atoms with Gasteiger partial charge in [-0.15, -0.1) is 0 Å². The molecule has 3 nitrogen and oxygen atoms in total. The molecule has 108 valence electrons. The lowest BCUT2D eigenvalue weighted by Crippen LogP contribution is -1.82. The number of pyridine rings is 2. The third kappa shape index (κ3) is 3.04. The van der Waals surface area contributed by atoms with Crippen LogP contribution in [0.2, 0.25) is 0 Å². The molecule has 4 rings (SSSR count). The Labute approximate surface area is 128 Å². The molecule has 0 unspecified atom stereocenters. The van der Waals surface area contributed by atoms with Crippen LogP contribution in [0.25, 0.3) is 21.8 Å². The highest BCUT2D eigenvalue weighted by molar-refractivity contribution is 5.84. The predicted molar refractivity (Wildman–Crippen MR) is 89.9 cm³/mol. The molecule has 4 aromatic rings. The van der Waals surface area contributed by atoms with Gasteiger partial charge in [-0.25, -0.2) is 4.98 Å². The minimum absolute atomic E-state index is 0.246. The number of aromatic nitrogens is 2. The van der Waals surface area contributed by atoms with Crippen molar-refractivity contribution in [1.82, 2.24) is 9.97 Å². The van der Waals surface area contributed by atoms with E-state index in [1.165, 1.54) is 5.39 Å². The third-order valence-electron chi connectivity index (χ3n) is 3.35. The van der Waals surface area contributed by atoms with Gasteiger partial charge in [0.15, 0.2) is 0 Å². The Morgan fingerprint density at radius 3 is 2.41 bits per heavy atom. The van der Waals surface area contributed by atoms with Crippen molar-refractivity contribution in [3.8, 4) is 5.75 Å². The van der Waals surface area contributed by atoms with Gasteiger partial charge >= 0.3 is 0 Å². The summed E-state index contributed by atoms with van der Waals surface area (Å²) in [5.74, 6) is 0.246. The van der Waals surface area contributed by atoms with E-state index in [2.05, 4.69) is 22.1 Å². The summed E-state index contributed by atoms with van der Waals surface area (Å²) in [4.78, 5) is 8.41. The van der Waals surface area contributed by atoms with Gasteiger partial charge < -0.3 is 5.11 Å². The summed E-state index contributed by atoms with van der Waals surface area (Å²) in [6, 6.07) is 21.4. The molecule has 0 atom stereocenters. The highest BCUT2D eigenvalue weighted by Crippen LogP contribution is 2.21. The van der Waals surface area contributed by atoms with Crippen LogP contribution in [-0.2, 0) is 0 Å². The van der Waals surface area contributed by atoms with Gasteiger partial charge in [0, 0.05) is 22.7 Å². The minimum atomic E-state index is 0.246. The first-order chi connectivity index (χ1) is 10.7. The standard InChI is InChI=1S/C10H9NO.C9H7N/c1-7-5-6-8-3-2-4-9(12)10(8)11-7;1-2-6-9-8(4-1)5-3-7-10-9/h2-6,12H,1H3;1-7H. The van der Waals surface area contributed by atoms with E-state index in [4.69, 9.17) is 0 Å². The summed E-state index contributed by atoms with van der Waals surface area (Å²) in [5.41, 5.74) is 2.66. The molecular formula is C19H16N2O. The lowest BCUT2D eigenvalue weighted by atomic mass is 10.2. The highest BCUT2D eigenvalue weighted by Gasteiger charge is 1.98. The average Bonchev–Trinajstić information content (AvgIpc) is 2.56. The fourth-order valence-electron chi connectivity index (χ4n) is 2.25. The normalized spacial score (nSPS) is 10.2. The van der Waals surface area contributed by atoms with Crippen LogP contribution in [-0.4, -0.2) is 15.1 Å². The molecule has 0 amide bonds. The number of aromatic hydroxyl groups is 1. The van der Waals surface area contributed by atoms with E-state index in [0.29, 0.717) is 5.52 Å². The van der Waals surface area contributed by atoms with Crippen molar-refractivity contribution in [3.05, 3.63) is 78.6 Å². The Morgan fingerprint density at radius 2 is 1.55 bits per heavy atom. The first-order valence-corrected chi connectivity index (χ1v) is 7.09. The van der Waals surface area contributed by atoms with Gasteiger partial charge in [0.2, 0.25) is 0 Å². The fourth-order valence-corrected chi connectivity index (χ4v) is 2.25. The molecule has 3 heteroatoms. The zero-order valence-corrected chi connectivity index (χ0v) is 12.3. The van der Waals surface area contributed by atoms with Crippen LogP contribution in [0.1, 0.15) is 5.69 Å². The number of rotatable bonds is 0. The van der Waals surface area contributed by atoms with Gasteiger partial charge in [-0.2, -0.15) is 0 Å². The van der Waals surface area contributed by atoms with E-state index >= 15 is 0 Å². The third-order valence-corrected chi connectivity index (χ3v) is 3.35. The van der Waals surface area contributed by atoms with E-state index in [0.717, 1.165) is 16.6 Å². The van der Waals surface area contributed by atoms with Crippen molar-refractivity contribution < 1.29 is 5.11 Å². The summed E-state index contributed by atoms with van der Waals surface area (Å²) in [5, 5.41) is 11.6. The maximum Gasteiger partial charge on any atom is 0.141 e. The smallest absolute Gasteiger partial charge is 0.141 e. The number of nitrogens with zero attached hydrogens (tertiary/aromatic N) is 2. The van der Waals surface area contributed by atoms with Crippen molar-refractivity contribution in [2.75, 3.05) is 0 Å².